The summed E-state index contributed by atoms with van der Waals surface area (Å²) >= 11 is 3.23. The van der Waals surface area contributed by atoms with Crippen molar-refractivity contribution in [1.82, 2.24) is 4.31 Å². The van der Waals surface area contributed by atoms with E-state index >= 15 is 0 Å². The maximum atomic E-state index is 12.7. The topological polar surface area (TPSA) is 83.9 Å². The Balaban J connectivity index is 2.35. The first-order chi connectivity index (χ1) is 9.86. The normalized spacial score (nSPS) is 20.2. The van der Waals surface area contributed by atoms with Gasteiger partial charge in [0, 0.05) is 23.6 Å². The van der Waals surface area contributed by atoms with Crippen molar-refractivity contribution in [1.29, 1.82) is 0 Å². The first-order valence-corrected chi connectivity index (χ1v) is 8.66. The molecule has 1 N–H and O–H groups in total. The van der Waals surface area contributed by atoms with Crippen molar-refractivity contribution in [2.45, 2.75) is 17.7 Å². The molecule has 0 aromatic heterocycles. The average molecular weight is 378 g/mol. The minimum absolute atomic E-state index is 0.00131. The molecule has 6 nitrogen and oxygen atoms in total. The number of aliphatic carboxylic acids is 1. The van der Waals surface area contributed by atoms with Gasteiger partial charge in [0.1, 0.15) is 10.6 Å². The van der Waals surface area contributed by atoms with Crippen LogP contribution < -0.4 is 4.74 Å². The summed E-state index contributed by atoms with van der Waals surface area (Å²) in [4.78, 5) is 11.2. The highest BCUT2D eigenvalue weighted by Gasteiger charge is 2.34. The molecule has 1 aliphatic heterocycles. The summed E-state index contributed by atoms with van der Waals surface area (Å²) in [6, 6.07) is 4.69. The second-order valence-corrected chi connectivity index (χ2v) is 7.60. The number of carbonyl (C=O) groups is 1. The van der Waals surface area contributed by atoms with Crippen molar-refractivity contribution in [3.8, 4) is 5.75 Å². The Morgan fingerprint density at radius 1 is 1.48 bits per heavy atom. The van der Waals surface area contributed by atoms with Crippen LogP contribution in [0.5, 0.6) is 5.75 Å². The number of carboxylic acids is 1. The van der Waals surface area contributed by atoms with Gasteiger partial charge in [0.2, 0.25) is 10.0 Å². The lowest BCUT2D eigenvalue weighted by molar-refractivity contribution is -0.142. The smallest absolute Gasteiger partial charge is 0.307 e. The van der Waals surface area contributed by atoms with Crippen LogP contribution in [0, 0.1) is 5.92 Å². The lowest BCUT2D eigenvalue weighted by atomic mass is 10.0. The molecule has 0 spiro atoms. The van der Waals surface area contributed by atoms with Crippen LogP contribution in [0.4, 0.5) is 0 Å². The third-order valence-corrected chi connectivity index (χ3v) is 6.35. The fraction of sp³-hybridized carbons (Fsp3) is 0.462. The number of nitrogens with zero attached hydrogens (tertiary/aromatic N) is 1. The maximum Gasteiger partial charge on any atom is 0.307 e. The van der Waals surface area contributed by atoms with Crippen molar-refractivity contribution in [3.05, 3.63) is 22.7 Å². The van der Waals surface area contributed by atoms with E-state index in [0.717, 1.165) is 0 Å². The van der Waals surface area contributed by atoms with Crippen molar-refractivity contribution in [2.24, 2.45) is 5.92 Å². The highest BCUT2D eigenvalue weighted by atomic mass is 79.9. The van der Waals surface area contributed by atoms with E-state index in [1.807, 2.05) is 0 Å². The zero-order chi connectivity index (χ0) is 15.6. The van der Waals surface area contributed by atoms with E-state index in [1.165, 1.54) is 17.5 Å². The van der Waals surface area contributed by atoms with Crippen LogP contribution in [0.2, 0.25) is 0 Å². The van der Waals surface area contributed by atoms with Crippen molar-refractivity contribution < 1.29 is 23.1 Å². The van der Waals surface area contributed by atoms with Crippen LogP contribution in [-0.4, -0.2) is 44.0 Å². The molecule has 1 heterocycles. The molecule has 2 rings (SSSR count). The zero-order valence-electron chi connectivity index (χ0n) is 11.5. The monoisotopic (exact) mass is 377 g/mol. The van der Waals surface area contributed by atoms with Gasteiger partial charge in [0.15, 0.2) is 0 Å². The van der Waals surface area contributed by atoms with Crippen LogP contribution in [0.3, 0.4) is 0 Å². The summed E-state index contributed by atoms with van der Waals surface area (Å²) in [7, 11) is -2.29. The summed E-state index contributed by atoms with van der Waals surface area (Å²) in [5, 5.41) is 9.08. The number of halogens is 1. The van der Waals surface area contributed by atoms with Crippen LogP contribution in [0.25, 0.3) is 0 Å². The fourth-order valence-corrected chi connectivity index (χ4v) is 4.77. The minimum Gasteiger partial charge on any atom is -0.497 e. The van der Waals surface area contributed by atoms with Gasteiger partial charge < -0.3 is 9.84 Å². The lowest BCUT2D eigenvalue weighted by Crippen LogP contribution is -2.42. The van der Waals surface area contributed by atoms with E-state index in [9.17, 15) is 13.2 Å². The summed E-state index contributed by atoms with van der Waals surface area (Å²) in [5.74, 6) is -1.18. The van der Waals surface area contributed by atoms with Crippen molar-refractivity contribution >= 4 is 31.9 Å². The summed E-state index contributed by atoms with van der Waals surface area (Å²) in [6.07, 6.45) is 1.04. The quantitative estimate of drug-likeness (QED) is 0.866. The molecule has 21 heavy (non-hydrogen) atoms. The Kier molecular flexibility index (Phi) is 4.90. The molecule has 1 aromatic rings. The van der Waals surface area contributed by atoms with E-state index in [1.54, 1.807) is 12.1 Å². The molecule has 0 radical (unpaired) electrons. The summed E-state index contributed by atoms with van der Waals surface area (Å²) < 4.78 is 32.1. The number of piperidine rings is 1. The van der Waals surface area contributed by atoms with Gasteiger partial charge in [-0.3, -0.25) is 4.79 Å². The molecule has 0 bridgehead atoms. The molecular weight excluding hydrogens is 362 g/mol. The molecule has 1 atom stereocenters. The van der Waals surface area contributed by atoms with Crippen LogP contribution >= 0.6 is 15.9 Å². The van der Waals surface area contributed by atoms with Gasteiger partial charge in [0.05, 0.1) is 13.0 Å². The molecule has 0 amide bonds. The molecule has 0 aliphatic carbocycles. The number of hydrogen-bond donors (Lipinski definition) is 1. The Morgan fingerprint density at radius 2 is 2.19 bits per heavy atom. The molecule has 116 valence electrons. The van der Waals surface area contributed by atoms with Gasteiger partial charge in [-0.05, 0) is 40.9 Å². The van der Waals surface area contributed by atoms with E-state index in [-0.39, 0.29) is 11.4 Å². The van der Waals surface area contributed by atoms with Crippen molar-refractivity contribution in [3.63, 3.8) is 0 Å². The Labute approximate surface area is 131 Å². The van der Waals surface area contributed by atoms with E-state index in [4.69, 9.17) is 9.84 Å². The fourth-order valence-electron chi connectivity index (χ4n) is 2.31. The third-order valence-electron chi connectivity index (χ3n) is 3.49. The van der Waals surface area contributed by atoms with Crippen LogP contribution in [0.1, 0.15) is 12.8 Å². The van der Waals surface area contributed by atoms with E-state index in [0.29, 0.717) is 29.6 Å². The van der Waals surface area contributed by atoms with Gasteiger partial charge in [-0.15, -0.1) is 0 Å². The highest BCUT2D eigenvalue weighted by molar-refractivity contribution is 9.10. The van der Waals surface area contributed by atoms with Gasteiger partial charge in [-0.25, -0.2) is 8.42 Å². The minimum atomic E-state index is -3.75. The van der Waals surface area contributed by atoms with E-state index in [2.05, 4.69) is 15.9 Å². The number of ether oxygens (including phenoxy) is 1. The molecule has 0 saturated carbocycles. The van der Waals surface area contributed by atoms with Gasteiger partial charge in [-0.1, -0.05) is 0 Å². The standard InChI is InChI=1S/C13H16BrNO5S/c1-20-10-4-5-11(14)12(7-10)21(18,19)15-6-2-3-9(8-15)13(16)17/h4-5,7,9H,2-3,6,8H2,1H3,(H,16,17). The van der Waals surface area contributed by atoms with Crippen LogP contribution in [-0.2, 0) is 14.8 Å². The lowest BCUT2D eigenvalue weighted by Gasteiger charge is -2.30. The number of carboxylic acid groups (broad SMARTS) is 1. The predicted molar refractivity (Wildman–Crippen MR) is 79.8 cm³/mol. The summed E-state index contributed by atoms with van der Waals surface area (Å²) in [6.45, 7) is 0.330. The molecular formula is C13H16BrNO5S. The maximum absolute atomic E-state index is 12.7. The average Bonchev–Trinajstić information content (AvgIpc) is 2.47. The number of sulfonamides is 1. The number of rotatable bonds is 4. The third kappa shape index (κ3) is 3.38. The Bertz CT molecular complexity index is 646. The molecule has 1 saturated heterocycles. The first kappa shape index (κ1) is 16.3. The largest absolute Gasteiger partial charge is 0.497 e. The second kappa shape index (κ2) is 6.33. The van der Waals surface area contributed by atoms with Crippen molar-refractivity contribution in [2.75, 3.05) is 20.2 Å². The Morgan fingerprint density at radius 3 is 2.81 bits per heavy atom. The molecule has 1 aliphatic rings. The second-order valence-electron chi connectivity index (χ2n) is 4.84. The first-order valence-electron chi connectivity index (χ1n) is 6.42. The number of methoxy groups -OCH3 is 1. The van der Waals surface area contributed by atoms with Gasteiger partial charge in [0.25, 0.3) is 0 Å². The summed E-state index contributed by atoms with van der Waals surface area (Å²) in [5.41, 5.74) is 0. The SMILES string of the molecule is COc1ccc(Br)c(S(=O)(=O)N2CCCC(C(=O)O)C2)c1. The number of benzene rings is 1. The van der Waals surface area contributed by atoms with E-state index < -0.39 is 21.9 Å². The Hall–Kier alpha value is -1.12. The highest BCUT2D eigenvalue weighted by Crippen LogP contribution is 2.31. The van der Waals surface area contributed by atoms with Gasteiger partial charge in [-0.2, -0.15) is 4.31 Å². The molecule has 8 heteroatoms. The molecule has 1 fully saturated rings. The van der Waals surface area contributed by atoms with Gasteiger partial charge >= 0.3 is 5.97 Å². The number of hydrogen-bond acceptors (Lipinski definition) is 4. The zero-order valence-corrected chi connectivity index (χ0v) is 13.9. The van der Waals surface area contributed by atoms with Crippen LogP contribution in [0.15, 0.2) is 27.6 Å². The molecule has 1 unspecified atom stereocenters. The molecule has 1 aromatic carbocycles. The predicted octanol–water partition coefficient (Wildman–Crippen LogP) is 1.94.